The van der Waals surface area contributed by atoms with Crippen LogP contribution in [0.3, 0.4) is 0 Å². The van der Waals surface area contributed by atoms with Crippen LogP contribution in [-0.4, -0.2) is 18.8 Å². The highest BCUT2D eigenvalue weighted by Gasteiger charge is 2.22. The molecule has 0 amide bonds. The van der Waals surface area contributed by atoms with Crippen LogP contribution in [0, 0.1) is 6.92 Å². The molecule has 2 unspecified atom stereocenters. The van der Waals surface area contributed by atoms with E-state index in [4.69, 9.17) is 10.5 Å². The second kappa shape index (κ2) is 4.77. The van der Waals surface area contributed by atoms with E-state index in [1.54, 1.807) is 0 Å². The maximum Gasteiger partial charge on any atom is 0.0730 e. The van der Waals surface area contributed by atoms with Gasteiger partial charge in [0.25, 0.3) is 0 Å². The van der Waals surface area contributed by atoms with Gasteiger partial charge in [0.15, 0.2) is 0 Å². The average molecular weight is 205 g/mol. The van der Waals surface area contributed by atoms with Gasteiger partial charge in [-0.2, -0.15) is 0 Å². The van der Waals surface area contributed by atoms with Gasteiger partial charge in [0.2, 0.25) is 0 Å². The molecule has 2 nitrogen and oxygen atoms in total. The van der Waals surface area contributed by atoms with Gasteiger partial charge in [-0.05, 0) is 31.7 Å². The SMILES string of the molecule is Cc1ccc(CC(N)C2CCCO2)cc1. The van der Waals surface area contributed by atoms with E-state index < -0.39 is 0 Å². The summed E-state index contributed by atoms with van der Waals surface area (Å²) >= 11 is 0. The Morgan fingerprint density at radius 3 is 2.73 bits per heavy atom. The molecular weight excluding hydrogens is 186 g/mol. The monoisotopic (exact) mass is 205 g/mol. The molecule has 0 bridgehead atoms. The fourth-order valence-electron chi connectivity index (χ4n) is 2.07. The van der Waals surface area contributed by atoms with Crippen molar-refractivity contribution in [2.75, 3.05) is 6.61 Å². The van der Waals surface area contributed by atoms with Crippen LogP contribution in [-0.2, 0) is 11.2 Å². The molecule has 1 fully saturated rings. The summed E-state index contributed by atoms with van der Waals surface area (Å²) in [4.78, 5) is 0. The standard InChI is InChI=1S/C13H19NO/c1-10-4-6-11(7-5-10)9-12(14)13-3-2-8-15-13/h4-7,12-13H,2-3,8-9,14H2,1H3. The van der Waals surface area contributed by atoms with Crippen molar-refractivity contribution < 1.29 is 4.74 Å². The Kier molecular flexibility index (Phi) is 3.39. The van der Waals surface area contributed by atoms with Crippen molar-refractivity contribution in [3.63, 3.8) is 0 Å². The van der Waals surface area contributed by atoms with E-state index in [-0.39, 0.29) is 12.1 Å². The fraction of sp³-hybridized carbons (Fsp3) is 0.538. The van der Waals surface area contributed by atoms with Crippen molar-refractivity contribution in [2.24, 2.45) is 5.73 Å². The summed E-state index contributed by atoms with van der Waals surface area (Å²) in [5, 5.41) is 0. The van der Waals surface area contributed by atoms with Gasteiger partial charge in [0.1, 0.15) is 0 Å². The van der Waals surface area contributed by atoms with Gasteiger partial charge in [-0.25, -0.2) is 0 Å². The Morgan fingerprint density at radius 2 is 2.13 bits per heavy atom. The van der Waals surface area contributed by atoms with Gasteiger partial charge in [-0.1, -0.05) is 29.8 Å². The Labute approximate surface area is 91.4 Å². The number of aryl methyl sites for hydroxylation is 1. The van der Waals surface area contributed by atoms with E-state index in [1.165, 1.54) is 11.1 Å². The van der Waals surface area contributed by atoms with E-state index in [0.29, 0.717) is 0 Å². The van der Waals surface area contributed by atoms with E-state index >= 15 is 0 Å². The molecule has 2 rings (SSSR count). The number of nitrogens with two attached hydrogens (primary N) is 1. The maximum absolute atomic E-state index is 6.12. The van der Waals surface area contributed by atoms with Gasteiger partial charge >= 0.3 is 0 Å². The lowest BCUT2D eigenvalue weighted by atomic mass is 10.00. The third kappa shape index (κ3) is 2.80. The van der Waals surface area contributed by atoms with Crippen LogP contribution in [0.2, 0.25) is 0 Å². The minimum atomic E-state index is 0.148. The highest BCUT2D eigenvalue weighted by molar-refractivity contribution is 5.22. The zero-order valence-electron chi connectivity index (χ0n) is 9.28. The average Bonchev–Trinajstić information content (AvgIpc) is 2.74. The first-order valence-electron chi connectivity index (χ1n) is 5.68. The highest BCUT2D eigenvalue weighted by atomic mass is 16.5. The van der Waals surface area contributed by atoms with Crippen molar-refractivity contribution >= 4 is 0 Å². The predicted molar refractivity (Wildman–Crippen MR) is 61.8 cm³/mol. The predicted octanol–water partition coefficient (Wildman–Crippen LogP) is 2.04. The Bertz CT molecular complexity index is 301. The lowest BCUT2D eigenvalue weighted by Crippen LogP contribution is -2.36. The Balaban J connectivity index is 1.92. The topological polar surface area (TPSA) is 35.2 Å². The summed E-state index contributed by atoms with van der Waals surface area (Å²) in [6, 6.07) is 8.74. The number of ether oxygens (including phenoxy) is 1. The minimum absolute atomic E-state index is 0.148. The first-order chi connectivity index (χ1) is 7.25. The molecule has 82 valence electrons. The van der Waals surface area contributed by atoms with Crippen molar-refractivity contribution in [2.45, 2.75) is 38.3 Å². The van der Waals surface area contributed by atoms with Gasteiger partial charge in [-0.15, -0.1) is 0 Å². The molecule has 1 aliphatic rings. The van der Waals surface area contributed by atoms with Crippen LogP contribution >= 0.6 is 0 Å². The zero-order valence-corrected chi connectivity index (χ0v) is 9.28. The molecule has 1 aromatic carbocycles. The lowest BCUT2D eigenvalue weighted by Gasteiger charge is -2.18. The molecular formula is C13H19NO. The van der Waals surface area contributed by atoms with Gasteiger partial charge in [0, 0.05) is 12.6 Å². The van der Waals surface area contributed by atoms with Crippen molar-refractivity contribution in [1.82, 2.24) is 0 Å². The molecule has 1 aromatic rings. The summed E-state index contributed by atoms with van der Waals surface area (Å²) in [5.41, 5.74) is 8.73. The first kappa shape index (κ1) is 10.7. The van der Waals surface area contributed by atoms with Crippen LogP contribution in [0.4, 0.5) is 0 Å². The molecule has 1 heterocycles. The number of hydrogen-bond acceptors (Lipinski definition) is 2. The molecule has 1 aliphatic heterocycles. The summed E-state index contributed by atoms with van der Waals surface area (Å²) in [6.07, 6.45) is 3.47. The molecule has 1 saturated heterocycles. The highest BCUT2D eigenvalue weighted by Crippen LogP contribution is 2.17. The van der Waals surface area contributed by atoms with Gasteiger partial charge in [-0.3, -0.25) is 0 Å². The van der Waals surface area contributed by atoms with Crippen molar-refractivity contribution in [1.29, 1.82) is 0 Å². The summed E-state index contributed by atoms with van der Waals surface area (Å²) < 4.78 is 5.59. The molecule has 0 spiro atoms. The van der Waals surface area contributed by atoms with Crippen LogP contribution in [0.1, 0.15) is 24.0 Å². The molecule has 0 saturated carbocycles. The number of rotatable bonds is 3. The zero-order chi connectivity index (χ0) is 10.7. The maximum atomic E-state index is 6.12. The normalized spacial score (nSPS) is 22.9. The Morgan fingerprint density at radius 1 is 1.40 bits per heavy atom. The van der Waals surface area contributed by atoms with Crippen molar-refractivity contribution in [3.8, 4) is 0 Å². The van der Waals surface area contributed by atoms with Crippen LogP contribution < -0.4 is 5.73 Å². The third-order valence-corrected chi connectivity index (χ3v) is 3.03. The summed E-state index contributed by atoms with van der Waals surface area (Å²) in [7, 11) is 0. The molecule has 15 heavy (non-hydrogen) atoms. The largest absolute Gasteiger partial charge is 0.377 e. The molecule has 0 radical (unpaired) electrons. The molecule has 2 N–H and O–H groups in total. The molecule has 0 aliphatic carbocycles. The smallest absolute Gasteiger partial charge is 0.0730 e. The fourth-order valence-corrected chi connectivity index (χ4v) is 2.07. The first-order valence-corrected chi connectivity index (χ1v) is 5.68. The van der Waals surface area contributed by atoms with Gasteiger partial charge < -0.3 is 10.5 Å². The summed E-state index contributed by atoms with van der Waals surface area (Å²) in [5.74, 6) is 0. The van der Waals surface area contributed by atoms with E-state index in [1.807, 2.05) is 0 Å². The van der Waals surface area contributed by atoms with E-state index in [9.17, 15) is 0 Å². The summed E-state index contributed by atoms with van der Waals surface area (Å²) in [6.45, 7) is 2.98. The quantitative estimate of drug-likeness (QED) is 0.819. The molecule has 2 atom stereocenters. The van der Waals surface area contributed by atoms with Gasteiger partial charge in [0.05, 0.1) is 6.10 Å². The van der Waals surface area contributed by atoms with Crippen molar-refractivity contribution in [3.05, 3.63) is 35.4 Å². The second-order valence-corrected chi connectivity index (χ2v) is 4.41. The lowest BCUT2D eigenvalue weighted by molar-refractivity contribution is 0.0900. The Hall–Kier alpha value is -0.860. The number of benzene rings is 1. The third-order valence-electron chi connectivity index (χ3n) is 3.03. The molecule has 0 aromatic heterocycles. The van der Waals surface area contributed by atoms with E-state index in [0.717, 1.165) is 25.9 Å². The van der Waals surface area contributed by atoms with Crippen LogP contribution in [0.25, 0.3) is 0 Å². The van der Waals surface area contributed by atoms with Crippen LogP contribution in [0.5, 0.6) is 0 Å². The second-order valence-electron chi connectivity index (χ2n) is 4.41. The molecule has 2 heteroatoms. The van der Waals surface area contributed by atoms with E-state index in [2.05, 4.69) is 31.2 Å². The van der Waals surface area contributed by atoms with Crippen LogP contribution in [0.15, 0.2) is 24.3 Å². The minimum Gasteiger partial charge on any atom is -0.377 e. The number of hydrogen-bond donors (Lipinski definition) is 1.